The molecule has 1 heterocycles. The van der Waals surface area contributed by atoms with E-state index in [1.165, 1.54) is 5.56 Å². The largest absolute Gasteiger partial charge is 0.490 e. The molecular formula is C17H21NO3S. The monoisotopic (exact) mass is 319 g/mol. The van der Waals surface area contributed by atoms with Gasteiger partial charge in [0, 0.05) is 18.2 Å². The molecule has 2 aromatic rings. The van der Waals surface area contributed by atoms with Crippen LogP contribution >= 0.6 is 11.3 Å². The van der Waals surface area contributed by atoms with Crippen LogP contribution in [-0.2, 0) is 11.2 Å². The summed E-state index contributed by atoms with van der Waals surface area (Å²) < 4.78 is 11.1. The number of rotatable bonds is 8. The van der Waals surface area contributed by atoms with Gasteiger partial charge in [0.05, 0.1) is 13.2 Å². The highest BCUT2D eigenvalue weighted by Gasteiger charge is 2.09. The van der Waals surface area contributed by atoms with Gasteiger partial charge < -0.3 is 14.8 Å². The van der Waals surface area contributed by atoms with Crippen molar-refractivity contribution < 1.29 is 14.3 Å². The molecule has 0 saturated carbocycles. The molecule has 0 radical (unpaired) electrons. The van der Waals surface area contributed by atoms with Gasteiger partial charge in [-0.05, 0) is 54.8 Å². The van der Waals surface area contributed by atoms with Crippen LogP contribution in [0.2, 0.25) is 0 Å². The Kier molecular flexibility index (Phi) is 6.27. The fourth-order valence-corrected chi connectivity index (χ4v) is 2.75. The van der Waals surface area contributed by atoms with Gasteiger partial charge in [-0.1, -0.05) is 0 Å². The van der Waals surface area contributed by atoms with Crippen LogP contribution in [0.25, 0.3) is 0 Å². The van der Waals surface area contributed by atoms with Gasteiger partial charge in [0.25, 0.3) is 0 Å². The van der Waals surface area contributed by atoms with E-state index in [0.717, 1.165) is 12.1 Å². The lowest BCUT2D eigenvalue weighted by Crippen LogP contribution is -2.12. The Labute approximate surface area is 135 Å². The van der Waals surface area contributed by atoms with E-state index >= 15 is 0 Å². The van der Waals surface area contributed by atoms with E-state index in [9.17, 15) is 4.79 Å². The summed E-state index contributed by atoms with van der Waals surface area (Å²) in [5.74, 6) is 1.35. The summed E-state index contributed by atoms with van der Waals surface area (Å²) in [6.07, 6.45) is 1.22. The quantitative estimate of drug-likeness (QED) is 0.796. The molecule has 1 N–H and O–H groups in total. The van der Waals surface area contributed by atoms with Crippen molar-refractivity contribution in [3.05, 3.63) is 40.6 Å². The lowest BCUT2D eigenvalue weighted by molar-refractivity contribution is -0.116. The maximum atomic E-state index is 12.0. The molecule has 0 atom stereocenters. The Hall–Kier alpha value is -2.01. The van der Waals surface area contributed by atoms with Crippen molar-refractivity contribution in [1.29, 1.82) is 0 Å². The Morgan fingerprint density at radius 2 is 1.91 bits per heavy atom. The van der Waals surface area contributed by atoms with Crippen molar-refractivity contribution in [3.63, 3.8) is 0 Å². The summed E-state index contributed by atoms with van der Waals surface area (Å²) in [5.41, 5.74) is 1.92. The Balaban J connectivity index is 1.96. The molecule has 0 aliphatic heterocycles. The highest BCUT2D eigenvalue weighted by atomic mass is 32.1. The van der Waals surface area contributed by atoms with Crippen molar-refractivity contribution in [2.45, 2.75) is 26.7 Å². The second-order valence-electron chi connectivity index (χ2n) is 4.71. The zero-order chi connectivity index (χ0) is 15.8. The second-order valence-corrected chi connectivity index (χ2v) is 5.49. The first kappa shape index (κ1) is 16.4. The summed E-state index contributed by atoms with van der Waals surface area (Å²) >= 11 is 1.65. The van der Waals surface area contributed by atoms with Gasteiger partial charge in [-0.3, -0.25) is 4.79 Å². The molecule has 4 nitrogen and oxygen atoms in total. The Bertz CT molecular complexity index is 596. The van der Waals surface area contributed by atoms with Crippen molar-refractivity contribution in [2.24, 2.45) is 0 Å². The molecule has 22 heavy (non-hydrogen) atoms. The SMILES string of the molecule is CCOc1ccc(NC(=O)CCc2ccsc2)cc1OCC. The normalized spacial score (nSPS) is 10.3. The van der Waals surface area contributed by atoms with E-state index in [1.807, 2.05) is 37.4 Å². The van der Waals surface area contributed by atoms with Crippen LogP contribution < -0.4 is 14.8 Å². The number of aryl methyl sites for hydroxylation is 1. The third-order valence-electron chi connectivity index (χ3n) is 3.05. The molecular weight excluding hydrogens is 298 g/mol. The number of hydrogen-bond acceptors (Lipinski definition) is 4. The van der Waals surface area contributed by atoms with Gasteiger partial charge in [0.2, 0.25) is 5.91 Å². The minimum Gasteiger partial charge on any atom is -0.490 e. The molecule has 0 spiro atoms. The van der Waals surface area contributed by atoms with Gasteiger partial charge in [0.1, 0.15) is 0 Å². The van der Waals surface area contributed by atoms with Crippen LogP contribution in [0.1, 0.15) is 25.8 Å². The summed E-state index contributed by atoms with van der Waals surface area (Å²) in [5, 5.41) is 6.99. The van der Waals surface area contributed by atoms with Gasteiger partial charge in [-0.2, -0.15) is 11.3 Å². The number of thiophene rings is 1. The van der Waals surface area contributed by atoms with Crippen LogP contribution in [0.3, 0.4) is 0 Å². The first-order chi connectivity index (χ1) is 10.7. The zero-order valence-corrected chi connectivity index (χ0v) is 13.7. The lowest BCUT2D eigenvalue weighted by atomic mass is 10.2. The summed E-state index contributed by atoms with van der Waals surface area (Å²) in [6, 6.07) is 7.50. The van der Waals surface area contributed by atoms with E-state index in [1.54, 1.807) is 17.4 Å². The third kappa shape index (κ3) is 4.77. The number of amides is 1. The minimum absolute atomic E-state index is 0.00203. The number of carbonyl (C=O) groups excluding carboxylic acids is 1. The van der Waals surface area contributed by atoms with Crippen molar-refractivity contribution in [1.82, 2.24) is 0 Å². The Morgan fingerprint density at radius 3 is 2.59 bits per heavy atom. The predicted molar refractivity (Wildman–Crippen MR) is 90.0 cm³/mol. The summed E-state index contributed by atoms with van der Waals surface area (Å²) in [6.45, 7) is 4.97. The fourth-order valence-electron chi connectivity index (χ4n) is 2.05. The van der Waals surface area contributed by atoms with E-state index in [-0.39, 0.29) is 5.91 Å². The maximum Gasteiger partial charge on any atom is 0.224 e. The van der Waals surface area contributed by atoms with E-state index in [4.69, 9.17) is 9.47 Å². The number of nitrogens with one attached hydrogen (secondary N) is 1. The molecule has 0 bridgehead atoms. The number of anilines is 1. The van der Waals surface area contributed by atoms with Crippen LogP contribution in [0.4, 0.5) is 5.69 Å². The molecule has 5 heteroatoms. The molecule has 0 saturated heterocycles. The molecule has 1 aromatic heterocycles. The molecule has 0 aliphatic carbocycles. The van der Waals surface area contributed by atoms with Crippen LogP contribution in [0.5, 0.6) is 11.5 Å². The van der Waals surface area contributed by atoms with E-state index in [0.29, 0.717) is 31.1 Å². The fraction of sp³-hybridized carbons (Fsp3) is 0.353. The van der Waals surface area contributed by atoms with Gasteiger partial charge >= 0.3 is 0 Å². The standard InChI is InChI=1S/C17H21NO3S/c1-3-20-15-7-6-14(11-16(15)21-4-2)18-17(19)8-5-13-9-10-22-12-13/h6-7,9-12H,3-5,8H2,1-2H3,(H,18,19). The first-order valence-corrected chi connectivity index (χ1v) is 8.37. The van der Waals surface area contributed by atoms with Gasteiger partial charge in [0.15, 0.2) is 11.5 Å². The molecule has 0 aliphatic rings. The predicted octanol–water partition coefficient (Wildman–Crippen LogP) is 4.12. The second kappa shape index (κ2) is 8.44. The number of ether oxygens (including phenoxy) is 2. The van der Waals surface area contributed by atoms with Crippen LogP contribution in [0.15, 0.2) is 35.0 Å². The number of hydrogen-bond donors (Lipinski definition) is 1. The van der Waals surface area contributed by atoms with Crippen LogP contribution in [0, 0.1) is 0 Å². The molecule has 1 aromatic carbocycles. The van der Waals surface area contributed by atoms with Crippen molar-refractivity contribution in [2.75, 3.05) is 18.5 Å². The van der Waals surface area contributed by atoms with Crippen molar-refractivity contribution >= 4 is 22.9 Å². The first-order valence-electron chi connectivity index (χ1n) is 7.43. The van der Waals surface area contributed by atoms with E-state index in [2.05, 4.69) is 10.7 Å². The smallest absolute Gasteiger partial charge is 0.224 e. The van der Waals surface area contributed by atoms with E-state index < -0.39 is 0 Å². The molecule has 2 rings (SSSR count). The van der Waals surface area contributed by atoms with Gasteiger partial charge in [-0.25, -0.2) is 0 Å². The highest BCUT2D eigenvalue weighted by molar-refractivity contribution is 7.07. The third-order valence-corrected chi connectivity index (χ3v) is 3.78. The molecule has 0 fully saturated rings. The lowest BCUT2D eigenvalue weighted by Gasteiger charge is -2.13. The van der Waals surface area contributed by atoms with Crippen molar-refractivity contribution in [3.8, 4) is 11.5 Å². The summed E-state index contributed by atoms with van der Waals surface area (Å²) in [7, 11) is 0. The molecule has 1 amide bonds. The maximum absolute atomic E-state index is 12.0. The van der Waals surface area contributed by atoms with Crippen LogP contribution in [-0.4, -0.2) is 19.1 Å². The number of carbonyl (C=O) groups is 1. The summed E-state index contributed by atoms with van der Waals surface area (Å²) in [4.78, 5) is 12.0. The average molecular weight is 319 g/mol. The topological polar surface area (TPSA) is 47.6 Å². The number of benzene rings is 1. The molecule has 118 valence electrons. The highest BCUT2D eigenvalue weighted by Crippen LogP contribution is 2.30. The minimum atomic E-state index is -0.00203. The Morgan fingerprint density at radius 1 is 1.14 bits per heavy atom. The zero-order valence-electron chi connectivity index (χ0n) is 12.9. The molecule has 0 unspecified atom stereocenters. The average Bonchev–Trinajstić information content (AvgIpc) is 3.02. The van der Waals surface area contributed by atoms with Gasteiger partial charge in [-0.15, -0.1) is 0 Å².